The minimum atomic E-state index is 0.593. The van der Waals surface area contributed by atoms with Crippen molar-refractivity contribution in [2.24, 2.45) is 0 Å². The molecule has 1 aliphatic heterocycles. The van der Waals surface area contributed by atoms with E-state index < -0.39 is 0 Å². The van der Waals surface area contributed by atoms with Gasteiger partial charge in [0, 0.05) is 12.1 Å². The highest BCUT2D eigenvalue weighted by atomic mass is 14.9. The second-order valence-corrected chi connectivity index (χ2v) is 2.13. The minimum absolute atomic E-state index is 0.593. The Hall–Kier alpha value is -0.300. The summed E-state index contributed by atoms with van der Waals surface area (Å²) in [5.41, 5.74) is 0. The molecule has 0 fully saturated rings. The lowest BCUT2D eigenvalue weighted by atomic mass is 10.4. The molecule has 0 aromatic rings. The highest BCUT2D eigenvalue weighted by Crippen LogP contribution is 1.98. The molecule has 1 heteroatoms. The standard InChI is InChI=1S/C6H11N/c1-5-3-4-6(2)7-5/h3-7H,1-2H3/t5-,6+. The van der Waals surface area contributed by atoms with E-state index in [1.165, 1.54) is 0 Å². The molecular formula is C6H11N. The molecule has 1 rings (SSSR count). The van der Waals surface area contributed by atoms with Crippen LogP contribution < -0.4 is 5.32 Å². The van der Waals surface area contributed by atoms with Gasteiger partial charge < -0.3 is 5.32 Å². The van der Waals surface area contributed by atoms with Gasteiger partial charge in [0.2, 0.25) is 0 Å². The zero-order valence-corrected chi connectivity index (χ0v) is 4.81. The van der Waals surface area contributed by atoms with Crippen LogP contribution in [0.25, 0.3) is 0 Å². The van der Waals surface area contributed by atoms with Crippen LogP contribution in [-0.2, 0) is 0 Å². The number of hydrogen-bond acceptors (Lipinski definition) is 1. The number of nitrogens with one attached hydrogen (secondary N) is 1. The first kappa shape index (κ1) is 4.85. The van der Waals surface area contributed by atoms with Crippen molar-refractivity contribution in [2.45, 2.75) is 25.9 Å². The Morgan fingerprint density at radius 2 is 1.57 bits per heavy atom. The van der Waals surface area contributed by atoms with Crippen LogP contribution in [-0.4, -0.2) is 12.1 Å². The molecule has 0 saturated carbocycles. The van der Waals surface area contributed by atoms with Crippen molar-refractivity contribution >= 4 is 0 Å². The molecule has 1 nitrogen and oxygen atoms in total. The Balaban J connectivity index is 2.42. The van der Waals surface area contributed by atoms with Gasteiger partial charge in [-0.05, 0) is 13.8 Å². The van der Waals surface area contributed by atoms with Crippen molar-refractivity contribution in [3.05, 3.63) is 12.2 Å². The first-order valence-electron chi connectivity index (χ1n) is 2.73. The molecule has 0 amide bonds. The Labute approximate surface area is 44.4 Å². The van der Waals surface area contributed by atoms with Crippen LogP contribution in [0.5, 0.6) is 0 Å². The topological polar surface area (TPSA) is 12.0 Å². The lowest BCUT2D eigenvalue weighted by Crippen LogP contribution is -2.25. The normalized spacial score (nSPS) is 39.7. The van der Waals surface area contributed by atoms with Crippen LogP contribution in [0.3, 0.4) is 0 Å². The van der Waals surface area contributed by atoms with Gasteiger partial charge in [-0.2, -0.15) is 0 Å². The molecule has 0 aromatic heterocycles. The third-order valence-corrected chi connectivity index (χ3v) is 1.21. The summed E-state index contributed by atoms with van der Waals surface area (Å²) >= 11 is 0. The number of hydrogen-bond donors (Lipinski definition) is 1. The lowest BCUT2D eigenvalue weighted by molar-refractivity contribution is 0.628. The van der Waals surface area contributed by atoms with Crippen molar-refractivity contribution in [1.29, 1.82) is 0 Å². The Kier molecular flexibility index (Phi) is 1.15. The molecule has 0 bridgehead atoms. The van der Waals surface area contributed by atoms with Crippen molar-refractivity contribution in [1.82, 2.24) is 5.32 Å². The van der Waals surface area contributed by atoms with Gasteiger partial charge in [-0.15, -0.1) is 0 Å². The molecule has 0 aliphatic carbocycles. The van der Waals surface area contributed by atoms with E-state index in [0.29, 0.717) is 12.1 Å². The van der Waals surface area contributed by atoms with E-state index >= 15 is 0 Å². The summed E-state index contributed by atoms with van der Waals surface area (Å²) in [5, 5.41) is 3.31. The van der Waals surface area contributed by atoms with E-state index in [1.54, 1.807) is 0 Å². The van der Waals surface area contributed by atoms with Crippen molar-refractivity contribution < 1.29 is 0 Å². The quantitative estimate of drug-likeness (QED) is 0.443. The summed E-state index contributed by atoms with van der Waals surface area (Å²) in [6, 6.07) is 1.19. The van der Waals surface area contributed by atoms with Crippen molar-refractivity contribution in [3.8, 4) is 0 Å². The highest BCUT2D eigenvalue weighted by Gasteiger charge is 2.06. The van der Waals surface area contributed by atoms with Crippen molar-refractivity contribution in [3.63, 3.8) is 0 Å². The summed E-state index contributed by atoms with van der Waals surface area (Å²) in [6.45, 7) is 4.31. The third-order valence-electron chi connectivity index (χ3n) is 1.21. The summed E-state index contributed by atoms with van der Waals surface area (Å²) < 4.78 is 0. The predicted molar refractivity (Wildman–Crippen MR) is 31.2 cm³/mol. The smallest absolute Gasteiger partial charge is 0.0227 e. The largest absolute Gasteiger partial charge is 0.305 e. The molecule has 2 atom stereocenters. The van der Waals surface area contributed by atoms with Gasteiger partial charge in [0.1, 0.15) is 0 Å². The van der Waals surface area contributed by atoms with E-state index in [9.17, 15) is 0 Å². The van der Waals surface area contributed by atoms with E-state index in [2.05, 4.69) is 31.3 Å². The zero-order chi connectivity index (χ0) is 5.28. The summed E-state index contributed by atoms with van der Waals surface area (Å²) in [4.78, 5) is 0. The molecule has 7 heavy (non-hydrogen) atoms. The SMILES string of the molecule is C[C@@H]1C=C[C@H](C)N1. The molecule has 0 spiro atoms. The maximum absolute atomic E-state index is 3.31. The fraction of sp³-hybridized carbons (Fsp3) is 0.667. The molecule has 0 radical (unpaired) electrons. The molecule has 0 aromatic carbocycles. The van der Waals surface area contributed by atoms with Crippen LogP contribution in [0.4, 0.5) is 0 Å². The third kappa shape index (κ3) is 1.03. The molecular weight excluding hydrogens is 86.1 g/mol. The Morgan fingerprint density at radius 3 is 1.71 bits per heavy atom. The second kappa shape index (κ2) is 1.66. The molecule has 1 aliphatic rings. The Bertz CT molecular complexity index is 76.2. The highest BCUT2D eigenvalue weighted by molar-refractivity contribution is 5.04. The maximum atomic E-state index is 3.31. The average Bonchev–Trinajstić information content (AvgIpc) is 1.87. The second-order valence-electron chi connectivity index (χ2n) is 2.13. The van der Waals surface area contributed by atoms with Crippen LogP contribution >= 0.6 is 0 Å². The van der Waals surface area contributed by atoms with Crippen LogP contribution in [0.15, 0.2) is 12.2 Å². The van der Waals surface area contributed by atoms with Gasteiger partial charge in [0.25, 0.3) is 0 Å². The van der Waals surface area contributed by atoms with Gasteiger partial charge in [-0.1, -0.05) is 12.2 Å². The maximum Gasteiger partial charge on any atom is 0.0227 e. The van der Waals surface area contributed by atoms with Gasteiger partial charge in [0.15, 0.2) is 0 Å². The van der Waals surface area contributed by atoms with Crippen LogP contribution in [0, 0.1) is 0 Å². The predicted octanol–water partition coefficient (Wildman–Crippen LogP) is 0.923. The van der Waals surface area contributed by atoms with Gasteiger partial charge >= 0.3 is 0 Å². The fourth-order valence-electron chi connectivity index (χ4n) is 0.859. The van der Waals surface area contributed by atoms with Crippen LogP contribution in [0.1, 0.15) is 13.8 Å². The van der Waals surface area contributed by atoms with Gasteiger partial charge in [0.05, 0.1) is 0 Å². The first-order chi connectivity index (χ1) is 3.29. The zero-order valence-electron chi connectivity index (χ0n) is 4.81. The average molecular weight is 97.2 g/mol. The minimum Gasteiger partial charge on any atom is -0.305 e. The van der Waals surface area contributed by atoms with E-state index in [1.807, 2.05) is 0 Å². The van der Waals surface area contributed by atoms with E-state index in [4.69, 9.17) is 0 Å². The fourth-order valence-corrected chi connectivity index (χ4v) is 0.859. The summed E-state index contributed by atoms with van der Waals surface area (Å²) in [6.07, 6.45) is 4.37. The molecule has 40 valence electrons. The van der Waals surface area contributed by atoms with Gasteiger partial charge in [-0.25, -0.2) is 0 Å². The first-order valence-corrected chi connectivity index (χ1v) is 2.73. The monoisotopic (exact) mass is 97.1 g/mol. The Morgan fingerprint density at radius 1 is 1.14 bits per heavy atom. The van der Waals surface area contributed by atoms with Crippen LogP contribution in [0.2, 0.25) is 0 Å². The molecule has 1 heterocycles. The van der Waals surface area contributed by atoms with Crippen molar-refractivity contribution in [2.75, 3.05) is 0 Å². The van der Waals surface area contributed by atoms with E-state index in [-0.39, 0.29) is 0 Å². The summed E-state index contributed by atoms with van der Waals surface area (Å²) in [7, 11) is 0. The summed E-state index contributed by atoms with van der Waals surface area (Å²) in [5.74, 6) is 0. The lowest BCUT2D eigenvalue weighted by Gasteiger charge is -2.02. The number of rotatable bonds is 0. The molecule has 0 saturated heterocycles. The van der Waals surface area contributed by atoms with Gasteiger partial charge in [-0.3, -0.25) is 0 Å². The molecule has 1 N–H and O–H groups in total. The molecule has 0 unspecified atom stereocenters. The van der Waals surface area contributed by atoms with E-state index in [0.717, 1.165) is 0 Å².